The van der Waals surface area contributed by atoms with Gasteiger partial charge in [0.2, 0.25) is 5.91 Å². The Hall–Kier alpha value is -2.87. The molecule has 3 rings (SSSR count). The van der Waals surface area contributed by atoms with Crippen LogP contribution in [0, 0.1) is 6.92 Å². The van der Waals surface area contributed by atoms with Crippen LogP contribution in [-0.4, -0.2) is 36.6 Å². The van der Waals surface area contributed by atoms with Crippen molar-refractivity contribution in [3.8, 4) is 11.4 Å². The van der Waals surface area contributed by atoms with Crippen LogP contribution >= 0.6 is 11.8 Å². The van der Waals surface area contributed by atoms with Crippen LogP contribution in [0.15, 0.2) is 54.3 Å². The van der Waals surface area contributed by atoms with E-state index in [4.69, 9.17) is 0 Å². The van der Waals surface area contributed by atoms with Crippen molar-refractivity contribution in [2.24, 2.45) is 0 Å². The Morgan fingerprint density at radius 2 is 1.88 bits per heavy atom. The number of thioether (sulfide) groups is 1. The summed E-state index contributed by atoms with van der Waals surface area (Å²) in [7, 11) is 0. The van der Waals surface area contributed by atoms with Gasteiger partial charge in [-0.05, 0) is 32.0 Å². The van der Waals surface area contributed by atoms with Crippen molar-refractivity contribution in [3.05, 3.63) is 60.4 Å². The molecule has 26 heavy (non-hydrogen) atoms. The second kappa shape index (κ2) is 8.48. The normalized spacial score (nSPS) is 11.8. The van der Waals surface area contributed by atoms with Crippen LogP contribution in [-0.2, 0) is 4.79 Å². The first kappa shape index (κ1) is 17.9. The summed E-state index contributed by atoms with van der Waals surface area (Å²) in [5.74, 6) is 0.806. The number of hydrogen-bond donors (Lipinski definition) is 1. The van der Waals surface area contributed by atoms with Crippen molar-refractivity contribution in [2.75, 3.05) is 5.75 Å². The number of carbonyl (C=O) groups is 1. The van der Waals surface area contributed by atoms with Crippen LogP contribution in [0.25, 0.3) is 11.4 Å². The maximum absolute atomic E-state index is 12.2. The SMILES string of the molecule is Cc1nc(-c2ccncc2)ncc1[C@H](C)NC(=O)CSc1ncccn1. The summed E-state index contributed by atoms with van der Waals surface area (Å²) in [5, 5.41) is 3.54. The van der Waals surface area contributed by atoms with E-state index in [1.807, 2.05) is 26.0 Å². The molecule has 0 aliphatic heterocycles. The molecule has 0 radical (unpaired) electrons. The van der Waals surface area contributed by atoms with Gasteiger partial charge in [0.15, 0.2) is 11.0 Å². The number of nitrogens with zero attached hydrogens (tertiary/aromatic N) is 5. The van der Waals surface area contributed by atoms with Gasteiger partial charge in [-0.1, -0.05) is 11.8 Å². The van der Waals surface area contributed by atoms with Gasteiger partial charge in [0.25, 0.3) is 0 Å². The standard InChI is InChI=1S/C18H18N6OS/c1-12(23-16(25)11-26-18-20-6-3-7-21-18)15-10-22-17(24-13(15)2)14-4-8-19-9-5-14/h3-10,12H,11H2,1-2H3,(H,23,25)/t12-/m0/s1. The largest absolute Gasteiger partial charge is 0.349 e. The van der Waals surface area contributed by atoms with Crippen LogP contribution < -0.4 is 5.32 Å². The molecule has 0 spiro atoms. The van der Waals surface area contributed by atoms with E-state index in [2.05, 4.69) is 30.2 Å². The van der Waals surface area contributed by atoms with E-state index in [1.54, 1.807) is 37.1 Å². The van der Waals surface area contributed by atoms with E-state index in [-0.39, 0.29) is 17.7 Å². The molecule has 0 fully saturated rings. The first-order chi connectivity index (χ1) is 12.6. The Kier molecular flexibility index (Phi) is 5.85. The first-order valence-corrected chi connectivity index (χ1v) is 9.05. The van der Waals surface area contributed by atoms with Crippen molar-refractivity contribution in [1.82, 2.24) is 30.2 Å². The summed E-state index contributed by atoms with van der Waals surface area (Å²) in [6, 6.07) is 5.28. The molecule has 0 unspecified atom stereocenters. The number of carbonyl (C=O) groups excluding carboxylic acids is 1. The van der Waals surface area contributed by atoms with Gasteiger partial charge < -0.3 is 5.32 Å². The Morgan fingerprint density at radius 3 is 2.58 bits per heavy atom. The molecule has 1 atom stereocenters. The zero-order chi connectivity index (χ0) is 18.4. The molecular formula is C18H18N6OS. The number of amides is 1. The van der Waals surface area contributed by atoms with E-state index in [0.717, 1.165) is 16.8 Å². The van der Waals surface area contributed by atoms with Crippen molar-refractivity contribution < 1.29 is 4.79 Å². The van der Waals surface area contributed by atoms with E-state index >= 15 is 0 Å². The molecule has 3 heterocycles. The van der Waals surface area contributed by atoms with Gasteiger partial charge >= 0.3 is 0 Å². The predicted octanol–water partition coefficient (Wildman–Crippen LogP) is 2.61. The third kappa shape index (κ3) is 4.60. The van der Waals surface area contributed by atoms with Crippen LogP contribution in [0.1, 0.15) is 24.2 Å². The number of aryl methyl sites for hydroxylation is 1. The highest BCUT2D eigenvalue weighted by atomic mass is 32.2. The van der Waals surface area contributed by atoms with E-state index in [0.29, 0.717) is 11.0 Å². The fourth-order valence-corrected chi connectivity index (χ4v) is 3.01. The topological polar surface area (TPSA) is 93.6 Å². The predicted molar refractivity (Wildman–Crippen MR) is 99.3 cm³/mol. The number of pyridine rings is 1. The van der Waals surface area contributed by atoms with E-state index in [9.17, 15) is 4.79 Å². The third-order valence-corrected chi connectivity index (χ3v) is 4.55. The summed E-state index contributed by atoms with van der Waals surface area (Å²) in [6.45, 7) is 3.83. The lowest BCUT2D eigenvalue weighted by molar-refractivity contribution is -0.119. The lowest BCUT2D eigenvalue weighted by Gasteiger charge is -2.16. The highest BCUT2D eigenvalue weighted by Crippen LogP contribution is 2.20. The minimum atomic E-state index is -0.189. The summed E-state index contributed by atoms with van der Waals surface area (Å²) >= 11 is 1.30. The average Bonchev–Trinajstić information content (AvgIpc) is 2.67. The highest BCUT2D eigenvalue weighted by Gasteiger charge is 2.15. The first-order valence-electron chi connectivity index (χ1n) is 8.06. The molecule has 132 valence electrons. The van der Waals surface area contributed by atoms with Gasteiger partial charge in [0.05, 0.1) is 11.8 Å². The van der Waals surface area contributed by atoms with Gasteiger partial charge in [0, 0.05) is 47.8 Å². The molecular weight excluding hydrogens is 348 g/mol. The van der Waals surface area contributed by atoms with Crippen LogP contribution in [0.3, 0.4) is 0 Å². The van der Waals surface area contributed by atoms with Crippen molar-refractivity contribution in [3.63, 3.8) is 0 Å². The molecule has 0 saturated heterocycles. The van der Waals surface area contributed by atoms with Crippen LogP contribution in [0.2, 0.25) is 0 Å². The molecule has 3 aromatic heterocycles. The van der Waals surface area contributed by atoms with Gasteiger partial charge in [-0.2, -0.15) is 0 Å². The Labute approximate surface area is 155 Å². The van der Waals surface area contributed by atoms with Gasteiger partial charge in [-0.25, -0.2) is 19.9 Å². The number of aromatic nitrogens is 5. The molecule has 8 heteroatoms. The molecule has 0 aromatic carbocycles. The Morgan fingerprint density at radius 1 is 1.15 bits per heavy atom. The minimum Gasteiger partial charge on any atom is -0.349 e. The lowest BCUT2D eigenvalue weighted by atomic mass is 10.1. The lowest BCUT2D eigenvalue weighted by Crippen LogP contribution is -2.29. The number of nitrogens with one attached hydrogen (secondary N) is 1. The second-order valence-electron chi connectivity index (χ2n) is 5.58. The molecule has 1 amide bonds. The van der Waals surface area contributed by atoms with Crippen molar-refractivity contribution in [1.29, 1.82) is 0 Å². The summed E-state index contributed by atoms with van der Waals surface area (Å²) < 4.78 is 0. The zero-order valence-corrected chi connectivity index (χ0v) is 15.3. The third-order valence-electron chi connectivity index (χ3n) is 3.67. The number of rotatable bonds is 6. The maximum Gasteiger partial charge on any atom is 0.230 e. The zero-order valence-electron chi connectivity index (χ0n) is 14.5. The molecule has 0 aliphatic rings. The molecule has 7 nitrogen and oxygen atoms in total. The second-order valence-corrected chi connectivity index (χ2v) is 6.52. The molecule has 1 N–H and O–H groups in total. The van der Waals surface area contributed by atoms with E-state index in [1.165, 1.54) is 11.8 Å². The van der Waals surface area contributed by atoms with Gasteiger partial charge in [-0.3, -0.25) is 9.78 Å². The Bertz CT molecular complexity index is 875. The molecule has 3 aromatic rings. The monoisotopic (exact) mass is 366 g/mol. The van der Waals surface area contributed by atoms with Crippen molar-refractivity contribution in [2.45, 2.75) is 25.0 Å². The highest BCUT2D eigenvalue weighted by molar-refractivity contribution is 7.99. The smallest absolute Gasteiger partial charge is 0.230 e. The summed E-state index contributed by atoms with van der Waals surface area (Å²) in [6.07, 6.45) is 8.48. The fraction of sp³-hybridized carbons (Fsp3) is 0.222. The van der Waals surface area contributed by atoms with Gasteiger partial charge in [-0.15, -0.1) is 0 Å². The number of hydrogen-bond acceptors (Lipinski definition) is 7. The van der Waals surface area contributed by atoms with Crippen LogP contribution in [0.5, 0.6) is 0 Å². The Balaban J connectivity index is 1.62. The van der Waals surface area contributed by atoms with Crippen molar-refractivity contribution >= 4 is 17.7 Å². The molecule has 0 aliphatic carbocycles. The molecule has 0 bridgehead atoms. The molecule has 0 saturated carbocycles. The van der Waals surface area contributed by atoms with E-state index < -0.39 is 0 Å². The fourth-order valence-electron chi connectivity index (χ4n) is 2.39. The summed E-state index contributed by atoms with van der Waals surface area (Å²) in [5.41, 5.74) is 2.63. The quantitative estimate of drug-likeness (QED) is 0.529. The summed E-state index contributed by atoms with van der Waals surface area (Å²) in [4.78, 5) is 33.3. The van der Waals surface area contributed by atoms with Crippen LogP contribution in [0.4, 0.5) is 0 Å². The average molecular weight is 366 g/mol. The van der Waals surface area contributed by atoms with Gasteiger partial charge in [0.1, 0.15) is 0 Å². The minimum absolute atomic E-state index is 0.0902. The maximum atomic E-state index is 12.2.